The molecule has 0 aromatic heterocycles. The van der Waals surface area contributed by atoms with Crippen molar-refractivity contribution in [3.05, 3.63) is 94.8 Å². The second-order valence-electron chi connectivity index (χ2n) is 8.56. The van der Waals surface area contributed by atoms with Crippen molar-refractivity contribution in [2.24, 2.45) is 0 Å². The maximum atomic E-state index is 14.8. The molecule has 1 atom stereocenters. The van der Waals surface area contributed by atoms with Crippen LogP contribution in [0.4, 0.5) is 68.5 Å². The third kappa shape index (κ3) is 6.37. The van der Waals surface area contributed by atoms with Crippen molar-refractivity contribution < 1.29 is 66.7 Å². The van der Waals surface area contributed by atoms with Gasteiger partial charge in [0, 0.05) is 16.8 Å². The summed E-state index contributed by atoms with van der Waals surface area (Å²) in [5.74, 6) is -10.5. The van der Waals surface area contributed by atoms with Gasteiger partial charge in [0.1, 0.15) is 5.82 Å². The highest BCUT2D eigenvalue weighted by Crippen LogP contribution is 2.59. The first-order valence-corrected chi connectivity index (χ1v) is 12.1. The molecule has 43 heavy (non-hydrogen) atoms. The first-order valence-electron chi connectivity index (χ1n) is 11.1. The molecule has 0 heterocycles. The van der Waals surface area contributed by atoms with Gasteiger partial charge < -0.3 is 5.32 Å². The van der Waals surface area contributed by atoms with Crippen LogP contribution in [0.5, 0.6) is 0 Å². The number of anilines is 2. The summed E-state index contributed by atoms with van der Waals surface area (Å²) in [4.78, 5) is 25.3. The first-order chi connectivity index (χ1) is 19.5. The van der Waals surface area contributed by atoms with E-state index < -0.39 is 81.8 Å². The quantitative estimate of drug-likeness (QED) is 0.156. The number of benzene rings is 3. The molecule has 0 fully saturated rings. The lowest BCUT2D eigenvalue weighted by Gasteiger charge is -2.36. The average Bonchev–Trinajstić information content (AvgIpc) is 2.90. The molecule has 1 unspecified atom stereocenters. The van der Waals surface area contributed by atoms with E-state index in [1.165, 1.54) is 18.2 Å². The van der Waals surface area contributed by atoms with Crippen molar-refractivity contribution >= 4 is 46.1 Å². The summed E-state index contributed by atoms with van der Waals surface area (Å²) < 4.78 is 176. The number of nitrogens with zero attached hydrogens (tertiary/aromatic N) is 1. The van der Waals surface area contributed by atoms with Crippen LogP contribution in [0.3, 0.4) is 0 Å². The summed E-state index contributed by atoms with van der Waals surface area (Å²) in [6.07, 6.45) is -20.0. The van der Waals surface area contributed by atoms with Gasteiger partial charge >= 0.3 is 30.1 Å². The molecule has 0 aliphatic rings. The minimum Gasteiger partial charge on any atom is -0.322 e. The van der Waals surface area contributed by atoms with Crippen LogP contribution in [0, 0.1) is 5.82 Å². The van der Waals surface area contributed by atoms with Gasteiger partial charge in [0.05, 0.1) is 39.7 Å². The van der Waals surface area contributed by atoms with Crippen molar-refractivity contribution in [1.82, 2.24) is 0 Å². The summed E-state index contributed by atoms with van der Waals surface area (Å²) in [5, 5.41) is 2.23. The summed E-state index contributed by atoms with van der Waals surface area (Å²) in [7, 11) is 0. The van der Waals surface area contributed by atoms with E-state index in [2.05, 4.69) is 5.32 Å². The van der Waals surface area contributed by atoms with Crippen LogP contribution in [0.25, 0.3) is 0 Å². The number of halogens is 14. The Hall–Kier alpha value is -3.58. The summed E-state index contributed by atoms with van der Waals surface area (Å²) in [5.41, 5.74) is -14.2. The zero-order valence-corrected chi connectivity index (χ0v) is 22.6. The Kier molecular flexibility index (Phi) is 9.06. The fourth-order valence-electron chi connectivity index (χ4n) is 3.66. The molecule has 1 N–H and O–H groups in total. The second-order valence-corrected chi connectivity index (χ2v) is 9.52. The zero-order valence-electron chi connectivity index (χ0n) is 20.4. The maximum Gasteiger partial charge on any atom is 0.457 e. The lowest BCUT2D eigenvalue weighted by atomic mass is 9.86. The summed E-state index contributed by atoms with van der Waals surface area (Å²) in [6.45, 7) is 0. The van der Waals surface area contributed by atoms with Crippen LogP contribution < -0.4 is 8.43 Å². The van der Waals surface area contributed by atoms with Crippen molar-refractivity contribution in [1.29, 1.82) is 0 Å². The smallest absolute Gasteiger partial charge is 0.322 e. The molecule has 3 aromatic rings. The van der Waals surface area contributed by atoms with Gasteiger partial charge in [-0.3, -0.25) is 9.59 Å². The Labute approximate surface area is 246 Å². The highest BCUT2D eigenvalue weighted by Gasteiger charge is 2.81. The first kappa shape index (κ1) is 33.9. The SMILES string of the molecule is O=C(Nc1cccc(C(=O)N(I)c2ccc(C(F)(C(F)(F)F)C(F)(F)C(F)(F)F)cc2C(F)(F)F)c1)c1ccccc1F. The van der Waals surface area contributed by atoms with Crippen molar-refractivity contribution in [3.63, 3.8) is 0 Å². The Morgan fingerprint density at radius 1 is 0.721 bits per heavy atom. The predicted octanol–water partition coefficient (Wildman–Crippen LogP) is 9.02. The number of carbonyl (C=O) groups is 2. The van der Waals surface area contributed by atoms with E-state index in [-0.39, 0.29) is 20.9 Å². The van der Waals surface area contributed by atoms with E-state index in [1.807, 2.05) is 0 Å². The molecule has 0 bridgehead atoms. The number of nitrogens with one attached hydrogen (secondary N) is 1. The molecule has 2 amide bonds. The summed E-state index contributed by atoms with van der Waals surface area (Å²) in [6, 6.07) is 7.59. The van der Waals surface area contributed by atoms with Gasteiger partial charge in [-0.15, -0.1) is 0 Å². The highest BCUT2D eigenvalue weighted by atomic mass is 127. The fraction of sp³-hybridized carbons (Fsp3) is 0.200. The second kappa shape index (κ2) is 11.5. The van der Waals surface area contributed by atoms with E-state index in [0.29, 0.717) is 0 Å². The highest BCUT2D eigenvalue weighted by molar-refractivity contribution is 14.1. The Morgan fingerprint density at radius 3 is 1.86 bits per heavy atom. The maximum absolute atomic E-state index is 14.8. The van der Waals surface area contributed by atoms with Gasteiger partial charge in [-0.25, -0.2) is 11.9 Å². The van der Waals surface area contributed by atoms with Crippen LogP contribution in [0.2, 0.25) is 0 Å². The molecule has 18 heteroatoms. The van der Waals surface area contributed by atoms with Crippen LogP contribution >= 0.6 is 22.9 Å². The van der Waals surface area contributed by atoms with Crippen molar-refractivity contribution in [2.75, 3.05) is 8.43 Å². The van der Waals surface area contributed by atoms with Crippen LogP contribution in [-0.2, 0) is 11.8 Å². The molecular weight excluding hydrogens is 734 g/mol. The Morgan fingerprint density at radius 2 is 1.33 bits per heavy atom. The summed E-state index contributed by atoms with van der Waals surface area (Å²) >= 11 is 0.934. The van der Waals surface area contributed by atoms with Crippen LogP contribution in [0.15, 0.2) is 66.7 Å². The number of amides is 2. The molecule has 0 aliphatic carbocycles. The number of carbonyl (C=O) groups excluding carboxylic acids is 2. The minimum absolute atomic E-state index is 0.0845. The van der Waals surface area contributed by atoms with E-state index in [1.54, 1.807) is 0 Å². The molecule has 3 rings (SSSR count). The minimum atomic E-state index is -7.23. The Balaban J connectivity index is 2.06. The van der Waals surface area contributed by atoms with Gasteiger partial charge in [-0.2, -0.15) is 48.3 Å². The van der Waals surface area contributed by atoms with Gasteiger partial charge in [-0.1, -0.05) is 24.3 Å². The number of hydrogen-bond acceptors (Lipinski definition) is 2. The number of alkyl halides is 12. The monoisotopic (exact) mass is 746 g/mol. The normalized spacial score (nSPS) is 14.2. The topological polar surface area (TPSA) is 49.4 Å². The van der Waals surface area contributed by atoms with Gasteiger partial charge in [-0.05, 0) is 42.5 Å². The van der Waals surface area contributed by atoms with Crippen LogP contribution in [-0.4, -0.2) is 30.1 Å². The predicted molar refractivity (Wildman–Crippen MR) is 133 cm³/mol. The van der Waals surface area contributed by atoms with E-state index >= 15 is 0 Å². The standard InChI is InChI=1S/C25H12F13IN2O2/c26-17-7-2-1-6-15(17)19(42)40-14-5-3-4-12(10-14)20(43)41(39)18-9-8-13(11-16(18)22(28,29)30)21(27,24(33,34)35)23(31,32)25(36,37)38/h1-11H,(H,40,42). The molecule has 0 aliphatic heterocycles. The lowest BCUT2D eigenvalue weighted by Crippen LogP contribution is -2.59. The molecule has 0 saturated heterocycles. The Bertz CT molecular complexity index is 1540. The third-order valence-electron chi connectivity index (χ3n) is 5.75. The zero-order chi connectivity index (χ0) is 32.8. The fourth-order valence-corrected chi connectivity index (χ4v) is 4.36. The van der Waals surface area contributed by atoms with Gasteiger partial charge in [0.25, 0.3) is 11.8 Å². The molecule has 0 radical (unpaired) electrons. The molecule has 3 aromatic carbocycles. The van der Waals surface area contributed by atoms with Gasteiger partial charge in [0.2, 0.25) is 0 Å². The molecule has 4 nitrogen and oxygen atoms in total. The molecule has 0 spiro atoms. The largest absolute Gasteiger partial charge is 0.457 e. The molecule has 0 saturated carbocycles. The lowest BCUT2D eigenvalue weighted by molar-refractivity contribution is -0.389. The molecular formula is C25H12F13IN2O2. The average molecular weight is 746 g/mol. The van der Waals surface area contributed by atoms with Crippen molar-refractivity contribution in [3.8, 4) is 0 Å². The van der Waals surface area contributed by atoms with E-state index in [4.69, 9.17) is 0 Å². The van der Waals surface area contributed by atoms with Gasteiger partial charge in [0.15, 0.2) is 0 Å². The molecule has 232 valence electrons. The van der Waals surface area contributed by atoms with E-state index in [0.717, 1.165) is 53.2 Å². The van der Waals surface area contributed by atoms with Crippen LogP contribution in [0.1, 0.15) is 31.8 Å². The number of hydrogen-bond donors (Lipinski definition) is 1. The third-order valence-corrected chi connectivity index (χ3v) is 6.71. The van der Waals surface area contributed by atoms with Crippen molar-refractivity contribution in [2.45, 2.75) is 30.1 Å². The number of rotatable bonds is 6. The van der Waals surface area contributed by atoms with E-state index in [9.17, 15) is 66.7 Å².